The lowest BCUT2D eigenvalue weighted by molar-refractivity contribution is 0.0698. The largest absolute Gasteiger partial charge is 0.478 e. The van der Waals surface area contributed by atoms with Crippen molar-refractivity contribution in [1.82, 2.24) is 0 Å². The quantitative estimate of drug-likeness (QED) is 0.840. The lowest BCUT2D eigenvalue weighted by atomic mass is 10.1. The van der Waals surface area contributed by atoms with Crippen LogP contribution in [0.2, 0.25) is 0 Å². The van der Waals surface area contributed by atoms with E-state index in [4.69, 9.17) is 10.8 Å². The van der Waals surface area contributed by atoms with E-state index in [-0.39, 0.29) is 17.1 Å². The molecule has 0 atom stereocenters. The molecule has 0 fully saturated rings. The van der Waals surface area contributed by atoms with E-state index >= 15 is 0 Å². The summed E-state index contributed by atoms with van der Waals surface area (Å²) in [6.07, 6.45) is 0. The van der Waals surface area contributed by atoms with Gasteiger partial charge in [0.2, 0.25) is 0 Å². The molecule has 5 heteroatoms. The number of carboxylic acid groups (broad SMARTS) is 1. The molecule has 0 unspecified atom stereocenters. The van der Waals surface area contributed by atoms with Crippen molar-refractivity contribution in [2.24, 2.45) is 0 Å². The third kappa shape index (κ3) is 2.56. The number of nitrogens with zero attached hydrogens (tertiary/aromatic N) is 1. The van der Waals surface area contributed by atoms with Crippen molar-refractivity contribution in [2.45, 2.75) is 6.92 Å². The number of aromatic carboxylic acids is 1. The number of halogens is 1. The number of carboxylic acids is 1. The molecule has 0 aliphatic rings. The van der Waals surface area contributed by atoms with Gasteiger partial charge in [0.05, 0.1) is 11.3 Å². The first-order valence-corrected chi connectivity index (χ1v) is 6.19. The molecule has 2 rings (SSSR count). The third-order valence-corrected chi connectivity index (χ3v) is 3.04. The van der Waals surface area contributed by atoms with Crippen molar-refractivity contribution in [3.8, 4) is 0 Å². The van der Waals surface area contributed by atoms with Crippen molar-refractivity contribution in [1.29, 1.82) is 0 Å². The second-order valence-corrected chi connectivity index (χ2v) is 4.27. The lowest BCUT2D eigenvalue weighted by Gasteiger charge is -2.24. The van der Waals surface area contributed by atoms with Crippen LogP contribution in [0.1, 0.15) is 17.3 Å². The second-order valence-electron chi connectivity index (χ2n) is 4.27. The number of benzene rings is 2. The van der Waals surface area contributed by atoms with Gasteiger partial charge in [-0.25, -0.2) is 9.18 Å². The topological polar surface area (TPSA) is 66.6 Å². The van der Waals surface area contributed by atoms with Gasteiger partial charge in [-0.15, -0.1) is 0 Å². The zero-order valence-corrected chi connectivity index (χ0v) is 11.0. The van der Waals surface area contributed by atoms with Crippen LogP contribution in [-0.2, 0) is 0 Å². The van der Waals surface area contributed by atoms with Crippen LogP contribution in [0.5, 0.6) is 0 Å². The second kappa shape index (κ2) is 5.61. The van der Waals surface area contributed by atoms with Crippen molar-refractivity contribution >= 4 is 23.0 Å². The maximum absolute atomic E-state index is 13.9. The Bertz CT molecular complexity index is 644. The van der Waals surface area contributed by atoms with Crippen LogP contribution in [0, 0.1) is 5.82 Å². The first-order valence-electron chi connectivity index (χ1n) is 6.19. The summed E-state index contributed by atoms with van der Waals surface area (Å²) in [6.45, 7) is 2.42. The summed E-state index contributed by atoms with van der Waals surface area (Å²) in [5, 5.41) is 8.96. The van der Waals surface area contributed by atoms with Gasteiger partial charge in [-0.3, -0.25) is 0 Å². The van der Waals surface area contributed by atoms with Gasteiger partial charge in [0.1, 0.15) is 5.82 Å². The van der Waals surface area contributed by atoms with Crippen LogP contribution < -0.4 is 10.6 Å². The van der Waals surface area contributed by atoms with Crippen molar-refractivity contribution in [3.63, 3.8) is 0 Å². The molecule has 0 aliphatic carbocycles. The summed E-state index contributed by atoms with van der Waals surface area (Å²) in [6, 6.07) is 11.0. The van der Waals surface area contributed by atoms with Crippen LogP contribution >= 0.6 is 0 Å². The number of nitrogen functional groups attached to an aromatic ring is 1. The molecule has 0 aromatic heterocycles. The molecule has 4 nitrogen and oxygen atoms in total. The third-order valence-electron chi connectivity index (χ3n) is 3.04. The standard InChI is InChI=1S/C15H15FN2O2/c1-2-18(14-6-4-3-5-12(14)16)10-7-8-11(15(19)20)13(17)9-10/h3-9H,2,17H2,1H3,(H,19,20). The Labute approximate surface area is 116 Å². The lowest BCUT2D eigenvalue weighted by Crippen LogP contribution is -2.18. The summed E-state index contributed by atoms with van der Waals surface area (Å²) in [4.78, 5) is 12.7. The predicted molar refractivity (Wildman–Crippen MR) is 76.9 cm³/mol. The average molecular weight is 274 g/mol. The highest BCUT2D eigenvalue weighted by Gasteiger charge is 2.14. The van der Waals surface area contributed by atoms with E-state index in [0.29, 0.717) is 17.9 Å². The smallest absolute Gasteiger partial charge is 0.337 e. The Morgan fingerprint density at radius 1 is 1.30 bits per heavy atom. The van der Waals surface area contributed by atoms with E-state index in [2.05, 4.69) is 0 Å². The molecule has 3 N–H and O–H groups in total. The molecule has 0 amide bonds. The zero-order chi connectivity index (χ0) is 14.7. The molecule has 0 saturated heterocycles. The minimum absolute atomic E-state index is 0.0401. The monoisotopic (exact) mass is 274 g/mol. The van der Waals surface area contributed by atoms with Gasteiger partial charge < -0.3 is 15.7 Å². The molecule has 2 aromatic rings. The number of carbonyl (C=O) groups is 1. The van der Waals surface area contributed by atoms with Crippen LogP contribution in [0.3, 0.4) is 0 Å². The minimum Gasteiger partial charge on any atom is -0.478 e. The fourth-order valence-electron chi connectivity index (χ4n) is 2.08. The molecule has 0 heterocycles. The number of anilines is 3. The van der Waals surface area contributed by atoms with E-state index in [9.17, 15) is 9.18 Å². The van der Waals surface area contributed by atoms with Gasteiger partial charge in [-0.05, 0) is 37.3 Å². The van der Waals surface area contributed by atoms with E-state index in [0.717, 1.165) is 0 Å². The van der Waals surface area contributed by atoms with Gasteiger partial charge in [0.25, 0.3) is 0 Å². The highest BCUT2D eigenvalue weighted by atomic mass is 19.1. The number of rotatable bonds is 4. The van der Waals surface area contributed by atoms with Crippen molar-refractivity contribution < 1.29 is 14.3 Å². The normalized spacial score (nSPS) is 10.3. The van der Waals surface area contributed by atoms with Crippen molar-refractivity contribution in [2.75, 3.05) is 17.2 Å². The number of para-hydroxylation sites is 1. The van der Waals surface area contributed by atoms with Crippen molar-refractivity contribution in [3.05, 3.63) is 53.8 Å². The van der Waals surface area contributed by atoms with Gasteiger partial charge >= 0.3 is 5.97 Å². The van der Waals surface area contributed by atoms with E-state index < -0.39 is 5.97 Å². The van der Waals surface area contributed by atoms with Gasteiger partial charge in [0.15, 0.2) is 0 Å². The van der Waals surface area contributed by atoms with Crippen LogP contribution in [-0.4, -0.2) is 17.6 Å². The summed E-state index contributed by atoms with van der Waals surface area (Å²) in [5.74, 6) is -1.42. The number of hydrogen-bond acceptors (Lipinski definition) is 3. The van der Waals surface area contributed by atoms with Crippen LogP contribution in [0.25, 0.3) is 0 Å². The Morgan fingerprint density at radius 2 is 2.00 bits per heavy atom. The number of nitrogens with two attached hydrogens (primary N) is 1. The zero-order valence-electron chi connectivity index (χ0n) is 11.0. The molecule has 0 aliphatic heterocycles. The fraction of sp³-hybridized carbons (Fsp3) is 0.133. The summed E-state index contributed by atoms with van der Waals surface area (Å²) in [5.41, 5.74) is 7.01. The summed E-state index contributed by atoms with van der Waals surface area (Å²) < 4.78 is 13.9. The molecular formula is C15H15FN2O2. The van der Waals surface area contributed by atoms with E-state index in [1.54, 1.807) is 35.2 Å². The van der Waals surface area contributed by atoms with E-state index in [1.165, 1.54) is 12.1 Å². The Morgan fingerprint density at radius 3 is 2.55 bits per heavy atom. The first-order chi connectivity index (χ1) is 9.54. The maximum Gasteiger partial charge on any atom is 0.337 e. The predicted octanol–water partition coefficient (Wildman–Crippen LogP) is 3.26. The summed E-state index contributed by atoms with van der Waals surface area (Å²) >= 11 is 0. The molecule has 0 spiro atoms. The fourth-order valence-corrected chi connectivity index (χ4v) is 2.08. The maximum atomic E-state index is 13.9. The average Bonchev–Trinajstić information content (AvgIpc) is 2.41. The SMILES string of the molecule is CCN(c1ccc(C(=O)O)c(N)c1)c1ccccc1F. The minimum atomic E-state index is -1.08. The Hall–Kier alpha value is -2.56. The first kappa shape index (κ1) is 13.9. The summed E-state index contributed by atoms with van der Waals surface area (Å²) in [7, 11) is 0. The molecule has 0 bridgehead atoms. The highest BCUT2D eigenvalue weighted by Crippen LogP contribution is 2.29. The molecule has 104 valence electrons. The molecule has 0 saturated carbocycles. The molecule has 0 radical (unpaired) electrons. The van der Waals surface area contributed by atoms with Crippen LogP contribution in [0.15, 0.2) is 42.5 Å². The van der Waals surface area contributed by atoms with Crippen LogP contribution in [0.4, 0.5) is 21.5 Å². The Balaban J connectivity index is 2.46. The van der Waals surface area contributed by atoms with Gasteiger partial charge in [-0.2, -0.15) is 0 Å². The number of hydrogen-bond donors (Lipinski definition) is 2. The molecule has 20 heavy (non-hydrogen) atoms. The van der Waals surface area contributed by atoms with Gasteiger partial charge in [-0.1, -0.05) is 12.1 Å². The molecule has 2 aromatic carbocycles. The molecular weight excluding hydrogens is 259 g/mol. The Kier molecular flexibility index (Phi) is 3.89. The van der Waals surface area contributed by atoms with E-state index in [1.807, 2.05) is 6.92 Å². The highest BCUT2D eigenvalue weighted by molar-refractivity contribution is 5.94. The van der Waals surface area contributed by atoms with Gasteiger partial charge in [0, 0.05) is 17.9 Å².